The van der Waals surface area contributed by atoms with Gasteiger partial charge in [-0.05, 0) is 24.5 Å². The van der Waals surface area contributed by atoms with E-state index in [0.29, 0.717) is 12.0 Å². The summed E-state index contributed by atoms with van der Waals surface area (Å²) in [6, 6.07) is 2.57. The van der Waals surface area contributed by atoms with E-state index in [4.69, 9.17) is 4.74 Å². The van der Waals surface area contributed by atoms with Crippen LogP contribution in [0, 0.1) is 5.92 Å². The quantitative estimate of drug-likeness (QED) is 0.768. The van der Waals surface area contributed by atoms with E-state index in [2.05, 4.69) is 42.2 Å². The van der Waals surface area contributed by atoms with Crippen molar-refractivity contribution < 1.29 is 4.74 Å². The number of ether oxygens (including phenoxy) is 1. The highest BCUT2D eigenvalue weighted by molar-refractivity contribution is 5.09. The van der Waals surface area contributed by atoms with Crippen molar-refractivity contribution in [3.8, 4) is 0 Å². The molecule has 1 rings (SSSR count). The zero-order chi connectivity index (χ0) is 12.0. The maximum absolute atomic E-state index is 5.48. The molecule has 0 saturated heterocycles. The highest BCUT2D eigenvalue weighted by Crippen LogP contribution is 2.05. The fourth-order valence-electron chi connectivity index (χ4n) is 1.65. The molecule has 0 aromatic carbocycles. The molecule has 0 aliphatic carbocycles. The van der Waals surface area contributed by atoms with E-state index in [1.54, 1.807) is 0 Å². The molecule has 0 aliphatic heterocycles. The Bertz CT molecular complexity index is 294. The van der Waals surface area contributed by atoms with E-state index in [-0.39, 0.29) is 0 Å². The predicted molar refractivity (Wildman–Crippen MR) is 67.4 cm³/mol. The lowest BCUT2D eigenvalue weighted by molar-refractivity contribution is 0.108. The Morgan fingerprint density at radius 2 is 2.19 bits per heavy atom. The maximum Gasteiger partial charge on any atom is 0.0622 e. The fourth-order valence-corrected chi connectivity index (χ4v) is 1.65. The van der Waals surface area contributed by atoms with Gasteiger partial charge in [0.2, 0.25) is 0 Å². The highest BCUT2D eigenvalue weighted by Gasteiger charge is 2.12. The molecule has 3 nitrogen and oxygen atoms in total. The van der Waals surface area contributed by atoms with Crippen LogP contribution >= 0.6 is 0 Å². The van der Waals surface area contributed by atoms with Gasteiger partial charge in [-0.3, -0.25) is 0 Å². The number of rotatable bonds is 7. The Morgan fingerprint density at radius 3 is 2.69 bits per heavy atom. The Labute approximate surface area is 98.8 Å². The first kappa shape index (κ1) is 13.3. The lowest BCUT2D eigenvalue weighted by Crippen LogP contribution is -2.37. The molecule has 0 aliphatic rings. The minimum absolute atomic E-state index is 0.431. The molecular weight excluding hydrogens is 200 g/mol. The Kier molecular flexibility index (Phi) is 5.56. The van der Waals surface area contributed by atoms with Gasteiger partial charge < -0.3 is 14.6 Å². The molecule has 0 spiro atoms. The maximum atomic E-state index is 5.48. The molecule has 0 amide bonds. The third-order valence-electron chi connectivity index (χ3n) is 2.77. The van der Waals surface area contributed by atoms with Gasteiger partial charge in [-0.15, -0.1) is 0 Å². The van der Waals surface area contributed by atoms with Crippen molar-refractivity contribution >= 4 is 0 Å². The van der Waals surface area contributed by atoms with Crippen LogP contribution in [0.25, 0.3) is 0 Å². The fraction of sp³-hybridized carbons (Fsp3) is 0.692. The molecule has 1 N–H and O–H groups in total. The molecule has 1 unspecified atom stereocenters. The van der Waals surface area contributed by atoms with E-state index < -0.39 is 0 Å². The lowest BCUT2D eigenvalue weighted by Gasteiger charge is -2.21. The van der Waals surface area contributed by atoms with Crippen molar-refractivity contribution in [2.45, 2.75) is 33.4 Å². The summed E-state index contributed by atoms with van der Waals surface area (Å²) in [7, 11) is 2.05. The normalized spacial score (nSPS) is 13.3. The minimum atomic E-state index is 0.431. The van der Waals surface area contributed by atoms with E-state index in [1.165, 1.54) is 5.56 Å². The summed E-state index contributed by atoms with van der Waals surface area (Å²) in [4.78, 5) is 0. The molecule has 16 heavy (non-hydrogen) atoms. The Hall–Kier alpha value is -0.800. The highest BCUT2D eigenvalue weighted by atomic mass is 16.5. The molecule has 92 valence electrons. The van der Waals surface area contributed by atoms with E-state index in [9.17, 15) is 0 Å². The van der Waals surface area contributed by atoms with Crippen LogP contribution in [0.4, 0.5) is 0 Å². The minimum Gasteiger partial charge on any atom is -0.380 e. The van der Waals surface area contributed by atoms with Crippen molar-refractivity contribution in [1.29, 1.82) is 0 Å². The summed E-state index contributed by atoms with van der Waals surface area (Å²) in [6.07, 6.45) is 4.22. The smallest absolute Gasteiger partial charge is 0.0622 e. The summed E-state index contributed by atoms with van der Waals surface area (Å²) < 4.78 is 7.56. The molecule has 1 aromatic heterocycles. The van der Waals surface area contributed by atoms with E-state index >= 15 is 0 Å². The number of aryl methyl sites for hydroxylation is 1. The van der Waals surface area contributed by atoms with Gasteiger partial charge in [0.1, 0.15) is 0 Å². The lowest BCUT2D eigenvalue weighted by atomic mass is 10.1. The van der Waals surface area contributed by atoms with Gasteiger partial charge in [-0.2, -0.15) is 0 Å². The standard InChI is InChI=1S/C13H24N2O/c1-5-16-10-13(11(2)3)14-8-12-6-7-15(4)9-12/h6-7,9,11,13-14H,5,8,10H2,1-4H3. The second-order valence-corrected chi connectivity index (χ2v) is 4.58. The number of nitrogens with one attached hydrogen (secondary N) is 1. The van der Waals surface area contributed by atoms with Crippen molar-refractivity contribution in [3.63, 3.8) is 0 Å². The molecule has 3 heteroatoms. The second-order valence-electron chi connectivity index (χ2n) is 4.58. The van der Waals surface area contributed by atoms with Gasteiger partial charge >= 0.3 is 0 Å². The van der Waals surface area contributed by atoms with Gasteiger partial charge in [0.05, 0.1) is 6.61 Å². The average molecular weight is 224 g/mol. The van der Waals surface area contributed by atoms with E-state index in [1.807, 2.05) is 14.0 Å². The van der Waals surface area contributed by atoms with Crippen molar-refractivity contribution in [3.05, 3.63) is 24.0 Å². The molecule has 0 bridgehead atoms. The van der Waals surface area contributed by atoms with Crippen LogP contribution in [-0.2, 0) is 18.3 Å². The van der Waals surface area contributed by atoms with Crippen LogP contribution < -0.4 is 5.32 Å². The predicted octanol–water partition coefficient (Wildman–Crippen LogP) is 2.18. The van der Waals surface area contributed by atoms with Crippen molar-refractivity contribution in [2.75, 3.05) is 13.2 Å². The summed E-state index contributed by atoms with van der Waals surface area (Å²) in [5.41, 5.74) is 1.32. The Balaban J connectivity index is 2.37. The number of hydrogen-bond acceptors (Lipinski definition) is 2. The van der Waals surface area contributed by atoms with Gasteiger partial charge in [0, 0.05) is 38.6 Å². The average Bonchev–Trinajstić information content (AvgIpc) is 2.64. The summed E-state index contributed by atoms with van der Waals surface area (Å²) in [5.74, 6) is 0.593. The first-order chi connectivity index (χ1) is 7.63. The number of nitrogens with zero attached hydrogens (tertiary/aromatic N) is 1. The SMILES string of the molecule is CCOCC(NCc1ccn(C)c1)C(C)C. The topological polar surface area (TPSA) is 26.2 Å². The van der Waals surface area contributed by atoms with Crippen LogP contribution in [0.1, 0.15) is 26.3 Å². The van der Waals surface area contributed by atoms with Crippen molar-refractivity contribution in [1.82, 2.24) is 9.88 Å². The van der Waals surface area contributed by atoms with Crippen LogP contribution in [0.2, 0.25) is 0 Å². The molecular formula is C13H24N2O. The molecule has 0 saturated carbocycles. The van der Waals surface area contributed by atoms with Crippen LogP contribution in [0.5, 0.6) is 0 Å². The molecule has 0 fully saturated rings. The summed E-state index contributed by atoms with van der Waals surface area (Å²) in [5, 5.41) is 3.55. The van der Waals surface area contributed by atoms with Crippen LogP contribution in [-0.4, -0.2) is 23.8 Å². The molecule has 0 radical (unpaired) electrons. The van der Waals surface area contributed by atoms with Crippen LogP contribution in [0.15, 0.2) is 18.5 Å². The number of hydrogen-bond donors (Lipinski definition) is 1. The number of aromatic nitrogens is 1. The molecule has 1 heterocycles. The zero-order valence-electron chi connectivity index (χ0n) is 10.9. The van der Waals surface area contributed by atoms with Crippen molar-refractivity contribution in [2.24, 2.45) is 13.0 Å². The summed E-state index contributed by atoms with van der Waals surface area (Å²) >= 11 is 0. The molecule has 1 atom stereocenters. The van der Waals surface area contributed by atoms with Gasteiger partial charge in [0.25, 0.3) is 0 Å². The van der Waals surface area contributed by atoms with Crippen LogP contribution in [0.3, 0.4) is 0 Å². The first-order valence-corrected chi connectivity index (χ1v) is 6.05. The molecule has 1 aromatic rings. The largest absolute Gasteiger partial charge is 0.380 e. The monoisotopic (exact) mass is 224 g/mol. The first-order valence-electron chi connectivity index (χ1n) is 6.05. The zero-order valence-corrected chi connectivity index (χ0v) is 10.9. The summed E-state index contributed by atoms with van der Waals surface area (Å²) in [6.45, 7) is 8.98. The van der Waals surface area contributed by atoms with Gasteiger partial charge in [0.15, 0.2) is 0 Å². The third-order valence-corrected chi connectivity index (χ3v) is 2.77. The third kappa shape index (κ3) is 4.37. The van der Waals surface area contributed by atoms with Gasteiger partial charge in [-0.1, -0.05) is 13.8 Å². The Morgan fingerprint density at radius 1 is 1.44 bits per heavy atom. The second kappa shape index (κ2) is 6.71. The van der Waals surface area contributed by atoms with Gasteiger partial charge in [-0.25, -0.2) is 0 Å². The van der Waals surface area contributed by atoms with E-state index in [0.717, 1.165) is 19.8 Å².